The molecule has 3 aromatic rings. The molecular formula is C20H19NO5. The van der Waals surface area contributed by atoms with Gasteiger partial charge < -0.3 is 14.4 Å². The molecule has 0 aliphatic heterocycles. The van der Waals surface area contributed by atoms with Crippen molar-refractivity contribution in [1.29, 1.82) is 0 Å². The molecule has 0 fully saturated rings. The van der Waals surface area contributed by atoms with Gasteiger partial charge in [-0.05, 0) is 24.6 Å². The van der Waals surface area contributed by atoms with Crippen molar-refractivity contribution in [2.75, 3.05) is 7.11 Å². The van der Waals surface area contributed by atoms with Crippen LogP contribution in [-0.2, 0) is 15.2 Å². The van der Waals surface area contributed by atoms with Crippen molar-refractivity contribution in [2.24, 2.45) is 0 Å². The van der Waals surface area contributed by atoms with E-state index in [4.69, 9.17) is 9.25 Å². The highest BCUT2D eigenvalue weighted by Crippen LogP contribution is 2.39. The summed E-state index contributed by atoms with van der Waals surface area (Å²) in [5.74, 6) is -0.433. The van der Waals surface area contributed by atoms with Crippen LogP contribution < -0.4 is 11.1 Å². The molecule has 0 spiro atoms. The Morgan fingerprint density at radius 3 is 2.46 bits per heavy atom. The molecule has 0 aliphatic rings. The molecular weight excluding hydrogens is 334 g/mol. The SMILES string of the molecule is CONC(CC(C)=O)(c1ccccc1)c1c(O)c2ccccc2oc1=O. The van der Waals surface area contributed by atoms with Crippen LogP contribution in [0.5, 0.6) is 5.75 Å². The first-order valence-electron chi connectivity index (χ1n) is 8.10. The predicted octanol–water partition coefficient (Wildman–Crippen LogP) is 2.87. The van der Waals surface area contributed by atoms with Gasteiger partial charge in [0, 0.05) is 6.42 Å². The van der Waals surface area contributed by atoms with Crippen LogP contribution >= 0.6 is 0 Å². The fourth-order valence-corrected chi connectivity index (χ4v) is 3.26. The normalized spacial score (nSPS) is 13.5. The summed E-state index contributed by atoms with van der Waals surface area (Å²) in [5, 5.41) is 11.3. The number of aromatic hydroxyl groups is 1. The zero-order chi connectivity index (χ0) is 18.7. The molecule has 0 amide bonds. The van der Waals surface area contributed by atoms with E-state index < -0.39 is 11.2 Å². The fourth-order valence-electron chi connectivity index (χ4n) is 3.26. The molecule has 0 saturated carbocycles. The summed E-state index contributed by atoms with van der Waals surface area (Å²) < 4.78 is 5.41. The Hall–Kier alpha value is -2.96. The summed E-state index contributed by atoms with van der Waals surface area (Å²) in [5.41, 5.74) is 1.42. The van der Waals surface area contributed by atoms with Gasteiger partial charge in [0.1, 0.15) is 28.2 Å². The van der Waals surface area contributed by atoms with Gasteiger partial charge in [-0.3, -0.25) is 4.79 Å². The Balaban J connectivity index is 2.40. The average molecular weight is 353 g/mol. The lowest BCUT2D eigenvalue weighted by molar-refractivity contribution is -0.119. The Kier molecular flexibility index (Phi) is 4.88. The molecule has 3 rings (SSSR count). The number of carbonyl (C=O) groups is 1. The number of Topliss-reactive ketones (excluding diaryl/α,β-unsaturated/α-hetero) is 1. The molecule has 1 unspecified atom stereocenters. The minimum absolute atomic E-state index is 0.0700. The third-order valence-corrected chi connectivity index (χ3v) is 4.27. The predicted molar refractivity (Wildman–Crippen MR) is 96.8 cm³/mol. The first kappa shape index (κ1) is 17.8. The minimum Gasteiger partial charge on any atom is -0.507 e. The van der Waals surface area contributed by atoms with E-state index in [2.05, 4.69) is 5.48 Å². The van der Waals surface area contributed by atoms with Gasteiger partial charge in [-0.15, -0.1) is 0 Å². The lowest BCUT2D eigenvalue weighted by Crippen LogP contribution is -2.47. The van der Waals surface area contributed by atoms with E-state index in [9.17, 15) is 14.7 Å². The number of rotatable bonds is 6. The summed E-state index contributed by atoms with van der Waals surface area (Å²) in [4.78, 5) is 30.0. The van der Waals surface area contributed by atoms with Gasteiger partial charge in [0.15, 0.2) is 0 Å². The molecule has 134 valence electrons. The molecule has 2 aromatic carbocycles. The zero-order valence-corrected chi connectivity index (χ0v) is 14.5. The third-order valence-electron chi connectivity index (χ3n) is 4.27. The number of ketones is 1. The maximum absolute atomic E-state index is 12.8. The number of hydrogen-bond donors (Lipinski definition) is 2. The molecule has 6 heteroatoms. The van der Waals surface area contributed by atoms with Crippen molar-refractivity contribution >= 4 is 16.8 Å². The largest absolute Gasteiger partial charge is 0.507 e. The second kappa shape index (κ2) is 7.11. The molecule has 1 aromatic heterocycles. The highest BCUT2D eigenvalue weighted by Gasteiger charge is 2.42. The van der Waals surface area contributed by atoms with E-state index in [-0.39, 0.29) is 29.1 Å². The molecule has 1 atom stereocenters. The second-order valence-electron chi connectivity index (χ2n) is 6.07. The highest BCUT2D eigenvalue weighted by molar-refractivity contribution is 5.85. The second-order valence-corrected chi connectivity index (χ2v) is 6.07. The van der Waals surface area contributed by atoms with Gasteiger partial charge in [-0.25, -0.2) is 4.79 Å². The van der Waals surface area contributed by atoms with Crippen molar-refractivity contribution in [3.05, 3.63) is 76.1 Å². The minimum atomic E-state index is -1.39. The Labute approximate surface area is 150 Å². The first-order chi connectivity index (χ1) is 12.5. The molecule has 0 radical (unpaired) electrons. The molecule has 1 heterocycles. The number of benzene rings is 2. The highest BCUT2D eigenvalue weighted by atomic mass is 16.6. The van der Waals surface area contributed by atoms with Crippen molar-refractivity contribution < 1.29 is 19.2 Å². The molecule has 0 aliphatic carbocycles. The van der Waals surface area contributed by atoms with Gasteiger partial charge in [-0.1, -0.05) is 42.5 Å². The molecule has 26 heavy (non-hydrogen) atoms. The summed E-state index contributed by atoms with van der Waals surface area (Å²) in [6, 6.07) is 15.6. The fraction of sp³-hybridized carbons (Fsp3) is 0.200. The number of nitrogens with one attached hydrogen (secondary N) is 1. The summed E-state index contributed by atoms with van der Waals surface area (Å²) in [7, 11) is 1.39. The lowest BCUT2D eigenvalue weighted by Gasteiger charge is -2.33. The van der Waals surface area contributed by atoms with Crippen molar-refractivity contribution in [3.8, 4) is 5.75 Å². The van der Waals surface area contributed by atoms with E-state index in [1.54, 1.807) is 48.5 Å². The average Bonchev–Trinajstić information content (AvgIpc) is 2.62. The summed E-state index contributed by atoms with van der Waals surface area (Å²) >= 11 is 0. The maximum atomic E-state index is 12.8. The van der Waals surface area contributed by atoms with Crippen LogP contribution in [0.1, 0.15) is 24.5 Å². The lowest BCUT2D eigenvalue weighted by atomic mass is 9.79. The van der Waals surface area contributed by atoms with Crippen molar-refractivity contribution in [2.45, 2.75) is 18.9 Å². The Morgan fingerprint density at radius 2 is 1.81 bits per heavy atom. The van der Waals surface area contributed by atoms with Crippen LogP contribution in [0.3, 0.4) is 0 Å². The van der Waals surface area contributed by atoms with Gasteiger partial charge in [0.2, 0.25) is 0 Å². The van der Waals surface area contributed by atoms with Crippen LogP contribution in [0.15, 0.2) is 63.8 Å². The van der Waals surface area contributed by atoms with Crippen LogP contribution in [0, 0.1) is 0 Å². The standard InChI is InChI=1S/C20H19NO5/c1-13(22)12-20(21-25-2,14-8-4-3-5-9-14)17-18(23)15-10-6-7-11-16(15)26-19(17)24/h3-11,21,23H,12H2,1-2H3. The quantitative estimate of drug-likeness (QED) is 0.523. The van der Waals surface area contributed by atoms with E-state index in [0.29, 0.717) is 10.9 Å². The third kappa shape index (κ3) is 3.00. The van der Waals surface area contributed by atoms with Crippen LogP contribution in [0.4, 0.5) is 0 Å². The number of hydroxylamine groups is 1. The van der Waals surface area contributed by atoms with Crippen LogP contribution in [-0.4, -0.2) is 18.0 Å². The van der Waals surface area contributed by atoms with Crippen LogP contribution in [0.25, 0.3) is 11.0 Å². The summed E-state index contributed by atoms with van der Waals surface area (Å²) in [6.45, 7) is 1.41. The van der Waals surface area contributed by atoms with Crippen LogP contribution in [0.2, 0.25) is 0 Å². The number of fused-ring (bicyclic) bond motifs is 1. The van der Waals surface area contributed by atoms with E-state index in [1.165, 1.54) is 14.0 Å². The maximum Gasteiger partial charge on any atom is 0.345 e. The first-order valence-corrected chi connectivity index (χ1v) is 8.10. The Bertz CT molecular complexity index is 996. The number of hydrogen-bond acceptors (Lipinski definition) is 6. The van der Waals surface area contributed by atoms with Gasteiger partial charge in [0.05, 0.1) is 12.5 Å². The van der Waals surface area contributed by atoms with E-state index >= 15 is 0 Å². The number of para-hydroxylation sites is 1. The van der Waals surface area contributed by atoms with Crippen molar-refractivity contribution in [3.63, 3.8) is 0 Å². The molecule has 2 N–H and O–H groups in total. The van der Waals surface area contributed by atoms with Crippen molar-refractivity contribution in [1.82, 2.24) is 5.48 Å². The smallest absolute Gasteiger partial charge is 0.345 e. The topological polar surface area (TPSA) is 88.8 Å². The zero-order valence-electron chi connectivity index (χ0n) is 14.5. The monoisotopic (exact) mass is 353 g/mol. The number of carbonyl (C=O) groups excluding carboxylic acids is 1. The van der Waals surface area contributed by atoms with Gasteiger partial charge >= 0.3 is 5.63 Å². The Morgan fingerprint density at radius 1 is 1.15 bits per heavy atom. The summed E-state index contributed by atoms with van der Waals surface area (Å²) in [6.07, 6.45) is -0.110. The van der Waals surface area contributed by atoms with E-state index in [1.807, 2.05) is 6.07 Å². The molecule has 0 saturated heterocycles. The molecule has 6 nitrogen and oxygen atoms in total. The van der Waals surface area contributed by atoms with E-state index in [0.717, 1.165) is 0 Å². The molecule has 0 bridgehead atoms. The van der Waals surface area contributed by atoms with Gasteiger partial charge in [-0.2, -0.15) is 5.48 Å². The van der Waals surface area contributed by atoms with Gasteiger partial charge in [0.25, 0.3) is 0 Å².